The van der Waals surface area contributed by atoms with Crippen LogP contribution in [0.2, 0.25) is 0 Å². The number of nitrogen functional groups attached to an aromatic ring is 1. The van der Waals surface area contributed by atoms with Crippen molar-refractivity contribution in [3.8, 4) is 0 Å². The number of rotatable bonds is 3. The summed E-state index contributed by atoms with van der Waals surface area (Å²) < 4.78 is 0. The monoisotopic (exact) mass is 251 g/mol. The summed E-state index contributed by atoms with van der Waals surface area (Å²) in [6.45, 7) is 0.441. The van der Waals surface area contributed by atoms with Crippen molar-refractivity contribution < 1.29 is 9.59 Å². The first kappa shape index (κ1) is 11.8. The van der Waals surface area contributed by atoms with E-state index in [1.165, 1.54) is 0 Å². The number of anilines is 1. The molecule has 90 valence electrons. The number of hydrogen-bond acceptors (Lipinski definition) is 4. The number of amides is 2. The standard InChI is InChI=1S/C11H13N3O2S/c12-8-3-1-7(2-4-8)5-13-10(15)9-6-17-11(16)14-9/h1-4,9H,5-6,12H2,(H,13,15)(H,14,16). The predicted molar refractivity (Wildman–Crippen MR) is 67.5 cm³/mol. The average Bonchev–Trinajstić information content (AvgIpc) is 2.75. The molecule has 1 heterocycles. The van der Waals surface area contributed by atoms with E-state index in [1.807, 2.05) is 12.1 Å². The van der Waals surface area contributed by atoms with Crippen molar-refractivity contribution in [1.82, 2.24) is 10.6 Å². The summed E-state index contributed by atoms with van der Waals surface area (Å²) in [5.41, 5.74) is 7.23. The van der Waals surface area contributed by atoms with Crippen LogP contribution in [0.5, 0.6) is 0 Å². The number of carbonyl (C=O) groups is 2. The fourth-order valence-electron chi connectivity index (χ4n) is 1.47. The fourth-order valence-corrected chi connectivity index (χ4v) is 2.25. The first-order chi connectivity index (χ1) is 8.15. The lowest BCUT2D eigenvalue weighted by atomic mass is 10.2. The van der Waals surface area contributed by atoms with Crippen molar-refractivity contribution in [2.24, 2.45) is 0 Å². The Morgan fingerprint density at radius 2 is 2.18 bits per heavy atom. The van der Waals surface area contributed by atoms with E-state index < -0.39 is 6.04 Å². The van der Waals surface area contributed by atoms with Crippen molar-refractivity contribution in [1.29, 1.82) is 0 Å². The van der Waals surface area contributed by atoms with Crippen LogP contribution in [0.3, 0.4) is 0 Å². The molecule has 6 heteroatoms. The maximum absolute atomic E-state index is 11.7. The van der Waals surface area contributed by atoms with Crippen LogP contribution < -0.4 is 16.4 Å². The van der Waals surface area contributed by atoms with Crippen molar-refractivity contribution >= 4 is 28.6 Å². The molecule has 2 amide bonds. The third kappa shape index (κ3) is 3.13. The molecule has 0 radical (unpaired) electrons. The van der Waals surface area contributed by atoms with Crippen LogP contribution >= 0.6 is 11.8 Å². The normalized spacial score (nSPS) is 18.8. The van der Waals surface area contributed by atoms with E-state index in [2.05, 4.69) is 10.6 Å². The zero-order chi connectivity index (χ0) is 12.3. The van der Waals surface area contributed by atoms with Gasteiger partial charge in [-0.3, -0.25) is 9.59 Å². The van der Waals surface area contributed by atoms with Crippen molar-refractivity contribution in [2.75, 3.05) is 11.5 Å². The summed E-state index contributed by atoms with van der Waals surface area (Å²) in [6.07, 6.45) is 0. The van der Waals surface area contributed by atoms with E-state index >= 15 is 0 Å². The van der Waals surface area contributed by atoms with Gasteiger partial charge in [-0.15, -0.1) is 0 Å². The van der Waals surface area contributed by atoms with E-state index in [0.717, 1.165) is 17.3 Å². The maximum Gasteiger partial charge on any atom is 0.279 e. The summed E-state index contributed by atoms with van der Waals surface area (Å²) in [6, 6.07) is 6.87. The van der Waals surface area contributed by atoms with Gasteiger partial charge in [-0.1, -0.05) is 23.9 Å². The largest absolute Gasteiger partial charge is 0.399 e. The highest BCUT2D eigenvalue weighted by Crippen LogP contribution is 2.13. The second-order valence-corrected chi connectivity index (χ2v) is 4.75. The van der Waals surface area contributed by atoms with Gasteiger partial charge in [0.25, 0.3) is 5.24 Å². The lowest BCUT2D eigenvalue weighted by molar-refractivity contribution is -0.122. The topological polar surface area (TPSA) is 84.2 Å². The molecule has 0 aromatic heterocycles. The van der Waals surface area contributed by atoms with Crippen LogP contribution in [-0.2, 0) is 11.3 Å². The molecule has 17 heavy (non-hydrogen) atoms. The highest BCUT2D eigenvalue weighted by molar-refractivity contribution is 8.14. The Morgan fingerprint density at radius 3 is 2.76 bits per heavy atom. The van der Waals surface area contributed by atoms with Gasteiger partial charge >= 0.3 is 0 Å². The molecule has 1 saturated heterocycles. The molecule has 5 nitrogen and oxygen atoms in total. The minimum atomic E-state index is -0.415. The van der Waals surface area contributed by atoms with Gasteiger partial charge in [0.1, 0.15) is 6.04 Å². The lowest BCUT2D eigenvalue weighted by Gasteiger charge is -2.10. The first-order valence-corrected chi connectivity index (χ1v) is 6.19. The van der Waals surface area contributed by atoms with Crippen LogP contribution in [0.15, 0.2) is 24.3 Å². The van der Waals surface area contributed by atoms with Gasteiger partial charge < -0.3 is 16.4 Å². The van der Waals surface area contributed by atoms with E-state index in [1.54, 1.807) is 12.1 Å². The Hall–Kier alpha value is -1.69. The molecule has 1 aliphatic rings. The number of benzene rings is 1. The van der Waals surface area contributed by atoms with Crippen molar-refractivity contribution in [3.05, 3.63) is 29.8 Å². The summed E-state index contributed by atoms with van der Waals surface area (Å²) in [5.74, 6) is 0.340. The zero-order valence-electron chi connectivity index (χ0n) is 9.10. The van der Waals surface area contributed by atoms with E-state index in [-0.39, 0.29) is 11.1 Å². The molecule has 1 aromatic carbocycles. The van der Waals surface area contributed by atoms with Crippen LogP contribution in [0.4, 0.5) is 10.5 Å². The van der Waals surface area contributed by atoms with Gasteiger partial charge in [0, 0.05) is 18.0 Å². The molecule has 1 fully saturated rings. The molecular weight excluding hydrogens is 238 g/mol. The first-order valence-electron chi connectivity index (χ1n) is 5.20. The maximum atomic E-state index is 11.7. The summed E-state index contributed by atoms with van der Waals surface area (Å²) in [7, 11) is 0. The summed E-state index contributed by atoms with van der Waals surface area (Å²) in [5, 5.41) is 5.22. The Kier molecular flexibility index (Phi) is 3.53. The quantitative estimate of drug-likeness (QED) is 0.691. The van der Waals surface area contributed by atoms with Crippen LogP contribution in [0.25, 0.3) is 0 Å². The number of carbonyl (C=O) groups excluding carboxylic acids is 2. The number of nitrogens with two attached hydrogens (primary N) is 1. The molecule has 0 saturated carbocycles. The molecule has 1 aromatic rings. The molecule has 0 spiro atoms. The number of thioether (sulfide) groups is 1. The molecule has 1 unspecified atom stereocenters. The molecule has 4 N–H and O–H groups in total. The van der Waals surface area contributed by atoms with E-state index in [0.29, 0.717) is 18.0 Å². The third-order valence-electron chi connectivity index (χ3n) is 2.44. The van der Waals surface area contributed by atoms with Crippen molar-refractivity contribution in [3.63, 3.8) is 0 Å². The van der Waals surface area contributed by atoms with Gasteiger partial charge in [0.2, 0.25) is 5.91 Å². The zero-order valence-corrected chi connectivity index (χ0v) is 9.92. The highest BCUT2D eigenvalue weighted by Gasteiger charge is 2.27. The predicted octanol–water partition coefficient (Wildman–Crippen LogP) is 0.710. The minimum absolute atomic E-state index is 0.141. The molecule has 0 aliphatic carbocycles. The van der Waals surface area contributed by atoms with Crippen LogP contribution in [0, 0.1) is 0 Å². The van der Waals surface area contributed by atoms with Crippen LogP contribution in [0.1, 0.15) is 5.56 Å². The third-order valence-corrected chi connectivity index (χ3v) is 3.32. The smallest absolute Gasteiger partial charge is 0.279 e. The highest BCUT2D eigenvalue weighted by atomic mass is 32.2. The Labute approximate surface area is 103 Å². The van der Waals surface area contributed by atoms with Gasteiger partial charge in [-0.25, -0.2) is 0 Å². The molecular formula is C11H13N3O2S. The molecule has 1 aliphatic heterocycles. The van der Waals surface area contributed by atoms with Crippen molar-refractivity contribution in [2.45, 2.75) is 12.6 Å². The Balaban J connectivity index is 1.84. The molecule has 2 rings (SSSR count). The Bertz CT molecular complexity index is 433. The van der Waals surface area contributed by atoms with E-state index in [9.17, 15) is 9.59 Å². The minimum Gasteiger partial charge on any atom is -0.399 e. The second-order valence-electron chi connectivity index (χ2n) is 3.75. The number of nitrogens with one attached hydrogen (secondary N) is 2. The van der Waals surface area contributed by atoms with Crippen LogP contribution in [-0.4, -0.2) is 22.9 Å². The SMILES string of the molecule is Nc1ccc(CNC(=O)C2CSC(=O)N2)cc1. The fraction of sp³-hybridized carbons (Fsp3) is 0.273. The molecule has 0 bridgehead atoms. The summed E-state index contributed by atoms with van der Waals surface area (Å²) >= 11 is 1.13. The van der Waals surface area contributed by atoms with Gasteiger partial charge in [-0.05, 0) is 17.7 Å². The van der Waals surface area contributed by atoms with Gasteiger partial charge in [-0.2, -0.15) is 0 Å². The lowest BCUT2D eigenvalue weighted by Crippen LogP contribution is -2.42. The van der Waals surface area contributed by atoms with Gasteiger partial charge in [0.15, 0.2) is 0 Å². The second kappa shape index (κ2) is 5.09. The Morgan fingerprint density at radius 1 is 1.47 bits per heavy atom. The molecule has 1 atom stereocenters. The van der Waals surface area contributed by atoms with Gasteiger partial charge in [0.05, 0.1) is 0 Å². The van der Waals surface area contributed by atoms with E-state index in [4.69, 9.17) is 5.73 Å². The average molecular weight is 251 g/mol. The number of hydrogen-bond donors (Lipinski definition) is 3. The summed E-state index contributed by atoms with van der Waals surface area (Å²) in [4.78, 5) is 22.6.